The van der Waals surface area contributed by atoms with Crippen molar-refractivity contribution in [1.82, 2.24) is 0 Å². The van der Waals surface area contributed by atoms with Gasteiger partial charge in [0.2, 0.25) is 0 Å². The summed E-state index contributed by atoms with van der Waals surface area (Å²) in [6.45, 7) is 1.58. The third kappa shape index (κ3) is 3.26. The minimum atomic E-state index is -0.573. The van der Waals surface area contributed by atoms with Crippen molar-refractivity contribution in [2.24, 2.45) is 0 Å². The highest BCUT2D eigenvalue weighted by Crippen LogP contribution is 2.33. The summed E-state index contributed by atoms with van der Waals surface area (Å²) in [4.78, 5) is 0. The van der Waals surface area contributed by atoms with E-state index in [0.717, 1.165) is 5.56 Å². The highest BCUT2D eigenvalue weighted by molar-refractivity contribution is 6.32. The largest absolute Gasteiger partial charge is 0.455 e. The zero-order valence-electron chi connectivity index (χ0n) is 10.5. The lowest BCUT2D eigenvalue weighted by Crippen LogP contribution is -1.94. The van der Waals surface area contributed by atoms with Crippen molar-refractivity contribution in [2.45, 2.75) is 19.6 Å². The SMILES string of the molecule is C[C@H](O)c1ccc(Oc2ccccc2CO)c(Cl)c1. The van der Waals surface area contributed by atoms with Gasteiger partial charge in [0.1, 0.15) is 11.5 Å². The van der Waals surface area contributed by atoms with Gasteiger partial charge in [0.05, 0.1) is 17.7 Å². The first-order chi connectivity index (χ1) is 9.11. The summed E-state index contributed by atoms with van der Waals surface area (Å²) in [5.41, 5.74) is 1.42. The van der Waals surface area contributed by atoms with Crippen molar-refractivity contribution in [2.75, 3.05) is 0 Å². The van der Waals surface area contributed by atoms with Crippen LogP contribution in [0.4, 0.5) is 0 Å². The molecule has 2 aromatic rings. The van der Waals surface area contributed by atoms with Gasteiger partial charge in [-0.15, -0.1) is 0 Å². The molecule has 2 rings (SSSR count). The molecule has 0 saturated carbocycles. The molecule has 0 heterocycles. The molecule has 4 heteroatoms. The van der Waals surface area contributed by atoms with Crippen LogP contribution in [-0.2, 0) is 6.61 Å². The second kappa shape index (κ2) is 6.06. The topological polar surface area (TPSA) is 49.7 Å². The van der Waals surface area contributed by atoms with Gasteiger partial charge < -0.3 is 14.9 Å². The summed E-state index contributed by atoms with van der Waals surface area (Å²) >= 11 is 6.12. The average molecular weight is 279 g/mol. The first-order valence-corrected chi connectivity index (χ1v) is 6.33. The van der Waals surface area contributed by atoms with Gasteiger partial charge >= 0.3 is 0 Å². The molecule has 0 aliphatic rings. The lowest BCUT2D eigenvalue weighted by Gasteiger charge is -2.12. The van der Waals surface area contributed by atoms with Crippen LogP contribution in [-0.4, -0.2) is 10.2 Å². The Labute approximate surface area is 117 Å². The van der Waals surface area contributed by atoms with Crippen LogP contribution in [0.5, 0.6) is 11.5 Å². The Bertz CT molecular complexity index is 567. The third-order valence-corrected chi connectivity index (χ3v) is 3.10. The van der Waals surface area contributed by atoms with Gasteiger partial charge in [-0.3, -0.25) is 0 Å². The van der Waals surface area contributed by atoms with Crippen LogP contribution in [0.2, 0.25) is 5.02 Å². The molecular formula is C15H15ClO3. The molecule has 100 valence electrons. The Hall–Kier alpha value is -1.55. The van der Waals surface area contributed by atoms with Gasteiger partial charge in [0, 0.05) is 5.56 Å². The Morgan fingerprint density at radius 3 is 2.53 bits per heavy atom. The zero-order valence-corrected chi connectivity index (χ0v) is 11.3. The van der Waals surface area contributed by atoms with Crippen molar-refractivity contribution < 1.29 is 14.9 Å². The van der Waals surface area contributed by atoms with Crippen molar-refractivity contribution in [3.8, 4) is 11.5 Å². The highest BCUT2D eigenvalue weighted by Gasteiger charge is 2.09. The van der Waals surface area contributed by atoms with Gasteiger partial charge in [-0.2, -0.15) is 0 Å². The molecule has 0 saturated heterocycles. The molecule has 0 aliphatic heterocycles. The molecule has 0 bridgehead atoms. The first kappa shape index (κ1) is 13.9. The van der Waals surface area contributed by atoms with Crippen LogP contribution in [0.25, 0.3) is 0 Å². The second-order valence-corrected chi connectivity index (χ2v) is 4.64. The monoisotopic (exact) mass is 278 g/mol. The number of para-hydroxylation sites is 1. The standard InChI is InChI=1S/C15H15ClO3/c1-10(18)11-6-7-15(13(16)8-11)19-14-5-3-2-4-12(14)9-17/h2-8,10,17-18H,9H2,1H3/t10-/m0/s1. The molecule has 2 aromatic carbocycles. The third-order valence-electron chi connectivity index (χ3n) is 2.80. The summed E-state index contributed by atoms with van der Waals surface area (Å²) in [5.74, 6) is 1.06. The smallest absolute Gasteiger partial charge is 0.146 e. The summed E-state index contributed by atoms with van der Waals surface area (Å²) in [6, 6.07) is 12.3. The summed E-state index contributed by atoms with van der Waals surface area (Å²) < 4.78 is 5.69. The van der Waals surface area contributed by atoms with Gasteiger partial charge in [0.15, 0.2) is 0 Å². The quantitative estimate of drug-likeness (QED) is 0.897. The lowest BCUT2D eigenvalue weighted by atomic mass is 10.1. The van der Waals surface area contributed by atoms with Crippen molar-refractivity contribution in [1.29, 1.82) is 0 Å². The van der Waals surface area contributed by atoms with E-state index in [1.165, 1.54) is 0 Å². The molecule has 0 unspecified atom stereocenters. The number of benzene rings is 2. The van der Waals surface area contributed by atoms with E-state index in [9.17, 15) is 10.2 Å². The molecule has 2 N–H and O–H groups in total. The zero-order chi connectivity index (χ0) is 13.8. The van der Waals surface area contributed by atoms with E-state index in [2.05, 4.69) is 0 Å². The first-order valence-electron chi connectivity index (χ1n) is 5.96. The Morgan fingerprint density at radius 1 is 1.16 bits per heavy atom. The lowest BCUT2D eigenvalue weighted by molar-refractivity contribution is 0.199. The average Bonchev–Trinajstić information content (AvgIpc) is 2.41. The molecule has 19 heavy (non-hydrogen) atoms. The number of aliphatic hydroxyl groups excluding tert-OH is 2. The van der Waals surface area contributed by atoms with E-state index in [1.54, 1.807) is 37.3 Å². The number of ether oxygens (including phenoxy) is 1. The van der Waals surface area contributed by atoms with Crippen LogP contribution < -0.4 is 4.74 Å². The molecule has 3 nitrogen and oxygen atoms in total. The van der Waals surface area contributed by atoms with E-state index in [4.69, 9.17) is 16.3 Å². The summed E-state index contributed by atoms with van der Waals surface area (Å²) in [7, 11) is 0. The van der Waals surface area contributed by atoms with Crippen molar-refractivity contribution in [3.63, 3.8) is 0 Å². The fraction of sp³-hybridized carbons (Fsp3) is 0.200. The van der Waals surface area contributed by atoms with Crippen LogP contribution >= 0.6 is 11.6 Å². The van der Waals surface area contributed by atoms with E-state index in [1.807, 2.05) is 12.1 Å². The number of hydrogen-bond donors (Lipinski definition) is 2. The number of halogens is 1. The second-order valence-electron chi connectivity index (χ2n) is 4.23. The molecule has 0 fully saturated rings. The van der Waals surface area contributed by atoms with Crippen LogP contribution in [0.1, 0.15) is 24.2 Å². The summed E-state index contributed by atoms with van der Waals surface area (Å²) in [6.07, 6.45) is -0.573. The molecule has 0 aromatic heterocycles. The fourth-order valence-corrected chi connectivity index (χ4v) is 1.94. The van der Waals surface area contributed by atoms with Crippen molar-refractivity contribution >= 4 is 11.6 Å². The Kier molecular flexibility index (Phi) is 4.43. The van der Waals surface area contributed by atoms with Gasteiger partial charge in [-0.1, -0.05) is 35.9 Å². The van der Waals surface area contributed by atoms with E-state index in [0.29, 0.717) is 22.1 Å². The maximum absolute atomic E-state index is 9.48. The van der Waals surface area contributed by atoms with Crippen LogP contribution in [0.15, 0.2) is 42.5 Å². The minimum absolute atomic E-state index is 0.0977. The fourth-order valence-electron chi connectivity index (χ4n) is 1.71. The normalized spacial score (nSPS) is 12.2. The molecule has 0 spiro atoms. The van der Waals surface area contributed by atoms with E-state index >= 15 is 0 Å². The van der Waals surface area contributed by atoms with E-state index < -0.39 is 6.10 Å². The van der Waals surface area contributed by atoms with Crippen LogP contribution in [0, 0.1) is 0 Å². The Balaban J connectivity index is 2.28. The molecule has 0 radical (unpaired) electrons. The molecule has 1 atom stereocenters. The molecule has 0 aliphatic carbocycles. The number of rotatable bonds is 4. The summed E-state index contributed by atoms with van der Waals surface area (Å²) in [5, 5.41) is 19.1. The Morgan fingerprint density at radius 2 is 1.89 bits per heavy atom. The maximum Gasteiger partial charge on any atom is 0.146 e. The number of aliphatic hydroxyl groups is 2. The van der Waals surface area contributed by atoms with Crippen molar-refractivity contribution in [3.05, 3.63) is 58.6 Å². The highest BCUT2D eigenvalue weighted by atomic mass is 35.5. The predicted octanol–water partition coefficient (Wildman–Crippen LogP) is 3.68. The van der Waals surface area contributed by atoms with Crippen LogP contribution in [0.3, 0.4) is 0 Å². The van der Waals surface area contributed by atoms with Gasteiger partial charge in [-0.25, -0.2) is 0 Å². The minimum Gasteiger partial charge on any atom is -0.455 e. The maximum atomic E-state index is 9.48. The molecule has 0 amide bonds. The van der Waals surface area contributed by atoms with E-state index in [-0.39, 0.29) is 6.61 Å². The van der Waals surface area contributed by atoms with Gasteiger partial charge in [-0.05, 0) is 30.7 Å². The number of hydrogen-bond acceptors (Lipinski definition) is 3. The predicted molar refractivity (Wildman–Crippen MR) is 74.5 cm³/mol. The molecular weight excluding hydrogens is 264 g/mol. The van der Waals surface area contributed by atoms with Gasteiger partial charge in [0.25, 0.3) is 0 Å².